The molecule has 4 heterocycles. The second-order valence-corrected chi connectivity index (χ2v) is 7.87. The zero-order chi connectivity index (χ0) is 21.5. The zero-order valence-electron chi connectivity index (χ0n) is 17.2. The number of anilines is 1. The van der Waals surface area contributed by atoms with E-state index in [0.29, 0.717) is 39.5 Å². The van der Waals surface area contributed by atoms with Gasteiger partial charge in [0.25, 0.3) is 0 Å². The fourth-order valence-electron chi connectivity index (χ4n) is 3.95. The first kappa shape index (κ1) is 19.4. The van der Waals surface area contributed by atoms with Gasteiger partial charge in [-0.1, -0.05) is 0 Å². The van der Waals surface area contributed by atoms with Crippen molar-refractivity contribution in [3.05, 3.63) is 48.5 Å². The van der Waals surface area contributed by atoms with E-state index in [2.05, 4.69) is 37.4 Å². The molecule has 158 valence electrons. The van der Waals surface area contributed by atoms with Crippen LogP contribution in [0, 0.1) is 5.82 Å². The van der Waals surface area contributed by atoms with Gasteiger partial charge in [-0.2, -0.15) is 5.10 Å². The van der Waals surface area contributed by atoms with E-state index in [1.807, 2.05) is 12.1 Å². The quantitative estimate of drug-likeness (QED) is 0.528. The van der Waals surface area contributed by atoms with E-state index in [4.69, 9.17) is 0 Å². The van der Waals surface area contributed by atoms with Crippen LogP contribution < -0.4 is 10.2 Å². The maximum absolute atomic E-state index is 14.4. The Kier molecular flexibility index (Phi) is 4.74. The first-order valence-electron chi connectivity index (χ1n) is 10.1. The lowest BCUT2D eigenvalue weighted by Crippen LogP contribution is -2.49. The molecule has 31 heavy (non-hydrogen) atoms. The monoisotopic (exact) mass is 419 g/mol. The summed E-state index contributed by atoms with van der Waals surface area (Å²) in [5.41, 5.74) is 2.34. The van der Waals surface area contributed by atoms with Gasteiger partial charge in [0.2, 0.25) is 0 Å². The normalized spacial score (nSPS) is 16.7. The largest absolute Gasteiger partial charge is 0.506 e. The molecule has 9 heteroatoms. The third-order valence-electron chi connectivity index (χ3n) is 5.46. The number of pyridine rings is 1. The molecule has 2 N–H and O–H groups in total. The summed E-state index contributed by atoms with van der Waals surface area (Å²) in [6.07, 6.45) is 3.35. The van der Waals surface area contributed by atoms with Crippen molar-refractivity contribution in [2.24, 2.45) is 7.05 Å². The maximum atomic E-state index is 14.4. The summed E-state index contributed by atoms with van der Waals surface area (Å²) < 4.78 is 16.0. The number of benzene rings is 1. The summed E-state index contributed by atoms with van der Waals surface area (Å²) >= 11 is 0. The van der Waals surface area contributed by atoms with Gasteiger partial charge in [-0.3, -0.25) is 4.68 Å². The molecule has 8 nitrogen and oxygen atoms in total. The minimum atomic E-state index is -0.416. The van der Waals surface area contributed by atoms with Crippen molar-refractivity contribution >= 4 is 16.7 Å². The lowest BCUT2D eigenvalue weighted by Gasteiger charge is -2.32. The SMILES string of the molecule is CC1CN(c2ccc(-c3ncc(-c4cc(F)c5nn(C)cc5c4)cc3O)nn2)CCN1. The van der Waals surface area contributed by atoms with Crippen LogP contribution in [-0.2, 0) is 7.05 Å². The smallest absolute Gasteiger partial charge is 0.151 e. The molecule has 1 aliphatic heterocycles. The number of nitrogens with zero attached hydrogens (tertiary/aromatic N) is 6. The number of aromatic hydroxyl groups is 1. The fraction of sp³-hybridized carbons (Fsp3) is 0.273. The minimum Gasteiger partial charge on any atom is -0.506 e. The van der Waals surface area contributed by atoms with E-state index in [1.54, 1.807) is 36.3 Å². The highest BCUT2D eigenvalue weighted by atomic mass is 19.1. The van der Waals surface area contributed by atoms with Gasteiger partial charge >= 0.3 is 0 Å². The van der Waals surface area contributed by atoms with Crippen LogP contribution in [0.25, 0.3) is 33.4 Å². The van der Waals surface area contributed by atoms with E-state index >= 15 is 0 Å². The Morgan fingerprint density at radius 3 is 2.77 bits per heavy atom. The van der Waals surface area contributed by atoms with Gasteiger partial charge in [-0.15, -0.1) is 10.2 Å². The van der Waals surface area contributed by atoms with Crippen LogP contribution in [-0.4, -0.2) is 55.7 Å². The molecule has 1 aliphatic rings. The molecule has 0 spiro atoms. The molecule has 1 aromatic carbocycles. The summed E-state index contributed by atoms with van der Waals surface area (Å²) in [5.74, 6) is 0.343. The first-order chi connectivity index (χ1) is 15.0. The topological polar surface area (TPSA) is 92.0 Å². The molecule has 0 amide bonds. The number of rotatable bonds is 3. The van der Waals surface area contributed by atoms with Gasteiger partial charge in [0.1, 0.15) is 22.7 Å². The highest BCUT2D eigenvalue weighted by Crippen LogP contribution is 2.32. The number of halogens is 1. The van der Waals surface area contributed by atoms with Crippen molar-refractivity contribution in [1.29, 1.82) is 0 Å². The Hall–Kier alpha value is -3.59. The summed E-state index contributed by atoms with van der Waals surface area (Å²) in [5, 5.41) is 27.4. The number of nitrogens with one attached hydrogen (secondary N) is 1. The van der Waals surface area contributed by atoms with E-state index in [-0.39, 0.29) is 5.75 Å². The second kappa shape index (κ2) is 7.59. The number of hydrogen-bond acceptors (Lipinski definition) is 7. The van der Waals surface area contributed by atoms with Crippen LogP contribution in [0.15, 0.2) is 42.7 Å². The number of fused-ring (bicyclic) bond motifs is 1. The molecule has 3 aromatic heterocycles. The van der Waals surface area contributed by atoms with Crippen LogP contribution in [0.1, 0.15) is 6.92 Å². The van der Waals surface area contributed by atoms with Crippen molar-refractivity contribution in [1.82, 2.24) is 30.3 Å². The number of aromatic nitrogens is 5. The van der Waals surface area contributed by atoms with Crippen molar-refractivity contribution < 1.29 is 9.50 Å². The highest BCUT2D eigenvalue weighted by molar-refractivity contribution is 5.85. The lowest BCUT2D eigenvalue weighted by atomic mass is 10.0. The van der Waals surface area contributed by atoms with Crippen LogP contribution in [0.3, 0.4) is 0 Å². The average molecular weight is 419 g/mol. The number of aryl methyl sites for hydroxylation is 1. The fourth-order valence-corrected chi connectivity index (χ4v) is 3.95. The predicted molar refractivity (Wildman–Crippen MR) is 116 cm³/mol. The third-order valence-corrected chi connectivity index (χ3v) is 5.46. The molecule has 1 saturated heterocycles. The van der Waals surface area contributed by atoms with Crippen LogP contribution in [0.5, 0.6) is 5.75 Å². The van der Waals surface area contributed by atoms with Gasteiger partial charge in [-0.25, -0.2) is 9.37 Å². The molecule has 4 aromatic rings. The average Bonchev–Trinajstić information content (AvgIpc) is 3.15. The Bertz CT molecular complexity index is 1250. The molecule has 0 aliphatic carbocycles. The summed E-state index contributed by atoms with van der Waals surface area (Å²) in [6.45, 7) is 4.77. The van der Waals surface area contributed by atoms with Crippen molar-refractivity contribution in [2.45, 2.75) is 13.0 Å². The van der Waals surface area contributed by atoms with Gasteiger partial charge in [0.05, 0.1) is 0 Å². The molecule has 0 bridgehead atoms. The van der Waals surface area contributed by atoms with Crippen molar-refractivity contribution in [3.8, 4) is 28.3 Å². The third kappa shape index (κ3) is 3.68. The Morgan fingerprint density at radius 2 is 2.03 bits per heavy atom. The van der Waals surface area contributed by atoms with E-state index in [0.717, 1.165) is 25.5 Å². The molecule has 0 radical (unpaired) electrons. The standard InChI is InChI=1S/C22H22FN7O/c1-13-11-30(6-5-24-13)20-4-3-18(26-27-20)22-19(31)9-15(10-25-22)14-7-16-12-29(2)28-21(16)17(23)8-14/h3-4,7-10,12-13,24,31H,5-6,11H2,1-2H3. The molecular weight excluding hydrogens is 397 g/mol. The molecule has 1 atom stereocenters. The Balaban J connectivity index is 1.43. The van der Waals surface area contributed by atoms with Gasteiger partial charge < -0.3 is 15.3 Å². The van der Waals surface area contributed by atoms with E-state index in [9.17, 15) is 9.50 Å². The van der Waals surface area contributed by atoms with E-state index in [1.165, 1.54) is 6.07 Å². The van der Waals surface area contributed by atoms with Gasteiger partial charge in [-0.05, 0) is 42.8 Å². The molecule has 5 rings (SSSR count). The Morgan fingerprint density at radius 1 is 1.16 bits per heavy atom. The summed E-state index contributed by atoms with van der Waals surface area (Å²) in [4.78, 5) is 6.55. The lowest BCUT2D eigenvalue weighted by molar-refractivity contribution is 0.475. The molecule has 1 unspecified atom stereocenters. The second-order valence-electron chi connectivity index (χ2n) is 7.87. The van der Waals surface area contributed by atoms with Crippen LogP contribution in [0.4, 0.5) is 10.2 Å². The van der Waals surface area contributed by atoms with Crippen LogP contribution in [0.2, 0.25) is 0 Å². The zero-order valence-corrected chi connectivity index (χ0v) is 17.2. The minimum absolute atomic E-state index is 0.0398. The molecular formula is C22H22FN7O. The van der Waals surface area contributed by atoms with E-state index < -0.39 is 5.82 Å². The molecule has 1 fully saturated rings. The van der Waals surface area contributed by atoms with Crippen molar-refractivity contribution in [2.75, 3.05) is 24.5 Å². The van der Waals surface area contributed by atoms with Gasteiger partial charge in [0, 0.05) is 56.1 Å². The predicted octanol–water partition coefficient (Wildman–Crippen LogP) is 2.74. The Labute approximate surface area is 178 Å². The summed E-state index contributed by atoms with van der Waals surface area (Å²) in [7, 11) is 1.75. The van der Waals surface area contributed by atoms with Crippen molar-refractivity contribution in [3.63, 3.8) is 0 Å². The maximum Gasteiger partial charge on any atom is 0.151 e. The number of piperazine rings is 1. The van der Waals surface area contributed by atoms with Gasteiger partial charge in [0.15, 0.2) is 11.6 Å². The summed E-state index contributed by atoms with van der Waals surface area (Å²) in [6, 6.07) is 8.87. The highest BCUT2D eigenvalue weighted by Gasteiger charge is 2.18. The number of hydrogen-bond donors (Lipinski definition) is 2. The van der Waals surface area contributed by atoms with Crippen LogP contribution >= 0.6 is 0 Å². The molecule has 0 saturated carbocycles. The first-order valence-corrected chi connectivity index (χ1v) is 10.1.